The highest BCUT2D eigenvalue weighted by molar-refractivity contribution is 5.02. The Morgan fingerprint density at radius 3 is 2.78 bits per heavy atom. The second-order valence-electron chi connectivity index (χ2n) is 4.14. The minimum Gasteiger partial charge on any atom is -0.375 e. The molecule has 2 aromatic heterocycles. The predicted molar refractivity (Wildman–Crippen MR) is 61.4 cm³/mol. The summed E-state index contributed by atoms with van der Waals surface area (Å²) < 4.78 is 15.1. The summed E-state index contributed by atoms with van der Waals surface area (Å²) in [5, 5.41) is 7.70. The van der Waals surface area contributed by atoms with Gasteiger partial charge in [0.1, 0.15) is 6.61 Å². The first-order valence-electron chi connectivity index (χ1n) is 5.58. The standard InChI is InChI=1S/C11H16N4O3/c1-8-4-9(17-13-8)5-15(2)6-10-12-11(7-16-3)18-14-10/h4H,5-7H2,1-3H3. The third-order valence-corrected chi connectivity index (χ3v) is 2.29. The molecule has 2 aromatic rings. The van der Waals surface area contributed by atoms with E-state index < -0.39 is 0 Å². The van der Waals surface area contributed by atoms with Crippen LogP contribution in [0.1, 0.15) is 23.2 Å². The third kappa shape index (κ3) is 3.38. The van der Waals surface area contributed by atoms with Crippen LogP contribution in [0.2, 0.25) is 0 Å². The van der Waals surface area contributed by atoms with Crippen LogP contribution in [0.4, 0.5) is 0 Å². The number of nitrogens with zero attached hydrogens (tertiary/aromatic N) is 4. The van der Waals surface area contributed by atoms with Gasteiger partial charge in [-0.1, -0.05) is 10.3 Å². The van der Waals surface area contributed by atoms with Gasteiger partial charge >= 0.3 is 0 Å². The van der Waals surface area contributed by atoms with Crippen LogP contribution in [-0.2, 0) is 24.4 Å². The first-order valence-corrected chi connectivity index (χ1v) is 5.58. The lowest BCUT2D eigenvalue weighted by molar-refractivity contribution is 0.151. The van der Waals surface area contributed by atoms with E-state index in [1.165, 1.54) is 0 Å². The number of hydrogen-bond donors (Lipinski definition) is 0. The molecule has 0 aliphatic heterocycles. The molecule has 0 spiro atoms. The van der Waals surface area contributed by atoms with Crippen LogP contribution in [-0.4, -0.2) is 34.4 Å². The third-order valence-electron chi connectivity index (χ3n) is 2.29. The van der Waals surface area contributed by atoms with Gasteiger partial charge in [0, 0.05) is 13.2 Å². The maximum Gasteiger partial charge on any atom is 0.252 e. The molecular formula is C11H16N4O3. The van der Waals surface area contributed by atoms with E-state index in [0.29, 0.717) is 31.4 Å². The molecule has 2 rings (SSSR count). The number of methoxy groups -OCH3 is 1. The van der Waals surface area contributed by atoms with E-state index in [-0.39, 0.29) is 0 Å². The minimum atomic E-state index is 0.331. The first-order chi connectivity index (χ1) is 8.67. The smallest absolute Gasteiger partial charge is 0.252 e. The Bertz CT molecular complexity index is 494. The van der Waals surface area contributed by atoms with E-state index in [9.17, 15) is 0 Å². The van der Waals surface area contributed by atoms with Crippen molar-refractivity contribution < 1.29 is 13.8 Å². The Morgan fingerprint density at radius 2 is 2.11 bits per heavy atom. The number of aromatic nitrogens is 3. The molecule has 0 amide bonds. The maximum atomic E-state index is 5.14. The monoisotopic (exact) mass is 252 g/mol. The van der Waals surface area contributed by atoms with Crippen molar-refractivity contribution in [3.8, 4) is 0 Å². The van der Waals surface area contributed by atoms with Crippen LogP contribution >= 0.6 is 0 Å². The lowest BCUT2D eigenvalue weighted by Crippen LogP contribution is -2.17. The molecule has 2 heterocycles. The van der Waals surface area contributed by atoms with Crippen molar-refractivity contribution in [1.82, 2.24) is 20.2 Å². The average molecular weight is 252 g/mol. The van der Waals surface area contributed by atoms with Gasteiger partial charge in [0.2, 0.25) is 0 Å². The molecular weight excluding hydrogens is 236 g/mol. The van der Waals surface area contributed by atoms with Crippen LogP contribution in [0.25, 0.3) is 0 Å². The normalized spacial score (nSPS) is 11.3. The molecule has 0 radical (unpaired) electrons. The highest BCUT2D eigenvalue weighted by Gasteiger charge is 2.10. The van der Waals surface area contributed by atoms with Gasteiger partial charge in [-0.3, -0.25) is 4.90 Å². The van der Waals surface area contributed by atoms with Crippen molar-refractivity contribution in [2.75, 3.05) is 14.2 Å². The van der Waals surface area contributed by atoms with Crippen molar-refractivity contribution in [2.24, 2.45) is 0 Å². The molecule has 18 heavy (non-hydrogen) atoms. The number of ether oxygens (including phenoxy) is 1. The van der Waals surface area contributed by atoms with Gasteiger partial charge in [0.15, 0.2) is 11.6 Å². The quantitative estimate of drug-likeness (QED) is 0.762. The summed E-state index contributed by atoms with van der Waals surface area (Å²) in [6, 6.07) is 1.91. The van der Waals surface area contributed by atoms with Gasteiger partial charge in [0.25, 0.3) is 5.89 Å². The highest BCUT2D eigenvalue weighted by atomic mass is 16.5. The molecule has 0 aliphatic carbocycles. The van der Waals surface area contributed by atoms with Crippen molar-refractivity contribution in [3.63, 3.8) is 0 Å². The molecule has 0 saturated carbocycles. The molecule has 0 N–H and O–H groups in total. The van der Waals surface area contributed by atoms with Crippen molar-refractivity contribution >= 4 is 0 Å². The van der Waals surface area contributed by atoms with E-state index in [1.54, 1.807) is 7.11 Å². The molecule has 0 aromatic carbocycles. The number of hydrogen-bond acceptors (Lipinski definition) is 7. The summed E-state index contributed by atoms with van der Waals surface area (Å²) in [7, 11) is 3.53. The Morgan fingerprint density at radius 1 is 1.28 bits per heavy atom. The molecule has 7 heteroatoms. The van der Waals surface area contributed by atoms with Gasteiger partial charge < -0.3 is 13.8 Å². The van der Waals surface area contributed by atoms with Gasteiger partial charge in [-0.2, -0.15) is 4.98 Å². The number of aryl methyl sites for hydroxylation is 1. The molecule has 0 saturated heterocycles. The van der Waals surface area contributed by atoms with Crippen LogP contribution < -0.4 is 0 Å². The molecule has 7 nitrogen and oxygen atoms in total. The Labute approximate surface area is 105 Å². The molecule has 0 fully saturated rings. The second-order valence-corrected chi connectivity index (χ2v) is 4.14. The van der Waals surface area contributed by atoms with Gasteiger partial charge in [-0.05, 0) is 14.0 Å². The zero-order valence-electron chi connectivity index (χ0n) is 10.7. The second kappa shape index (κ2) is 5.74. The first kappa shape index (κ1) is 12.7. The molecule has 0 atom stereocenters. The van der Waals surface area contributed by atoms with Crippen molar-refractivity contribution in [2.45, 2.75) is 26.6 Å². The Kier molecular flexibility index (Phi) is 4.06. The van der Waals surface area contributed by atoms with Gasteiger partial charge in [-0.15, -0.1) is 0 Å². The summed E-state index contributed by atoms with van der Waals surface area (Å²) in [6.07, 6.45) is 0. The Hall–Kier alpha value is -1.73. The Balaban J connectivity index is 1.88. The number of rotatable bonds is 6. The summed E-state index contributed by atoms with van der Waals surface area (Å²) in [5.74, 6) is 1.92. The van der Waals surface area contributed by atoms with Crippen LogP contribution in [0.15, 0.2) is 15.1 Å². The minimum absolute atomic E-state index is 0.331. The summed E-state index contributed by atoms with van der Waals surface area (Å²) in [6.45, 7) is 3.45. The summed E-state index contributed by atoms with van der Waals surface area (Å²) >= 11 is 0. The SMILES string of the molecule is COCc1nc(CN(C)Cc2cc(C)no2)no1. The van der Waals surface area contributed by atoms with E-state index >= 15 is 0 Å². The fourth-order valence-electron chi connectivity index (χ4n) is 1.59. The fraction of sp³-hybridized carbons (Fsp3) is 0.545. The van der Waals surface area contributed by atoms with Crippen molar-refractivity contribution in [1.29, 1.82) is 0 Å². The van der Waals surface area contributed by atoms with Crippen LogP contribution in [0.5, 0.6) is 0 Å². The van der Waals surface area contributed by atoms with Crippen LogP contribution in [0.3, 0.4) is 0 Å². The average Bonchev–Trinajstić information content (AvgIpc) is 2.89. The lowest BCUT2D eigenvalue weighted by atomic mass is 10.3. The summed E-state index contributed by atoms with van der Waals surface area (Å²) in [4.78, 5) is 6.21. The lowest BCUT2D eigenvalue weighted by Gasteiger charge is -2.11. The predicted octanol–water partition coefficient (Wildman–Crippen LogP) is 1.14. The molecule has 0 bridgehead atoms. The topological polar surface area (TPSA) is 77.4 Å². The van der Waals surface area contributed by atoms with E-state index in [0.717, 1.165) is 11.5 Å². The van der Waals surface area contributed by atoms with Gasteiger partial charge in [0.05, 0.1) is 18.8 Å². The fourth-order valence-corrected chi connectivity index (χ4v) is 1.59. The van der Waals surface area contributed by atoms with Gasteiger partial charge in [-0.25, -0.2) is 0 Å². The van der Waals surface area contributed by atoms with E-state index in [2.05, 4.69) is 15.3 Å². The molecule has 0 aliphatic rings. The van der Waals surface area contributed by atoms with Crippen LogP contribution in [0, 0.1) is 6.92 Å². The highest BCUT2D eigenvalue weighted by Crippen LogP contribution is 2.08. The van der Waals surface area contributed by atoms with E-state index in [4.69, 9.17) is 13.8 Å². The largest absolute Gasteiger partial charge is 0.375 e. The molecule has 98 valence electrons. The zero-order chi connectivity index (χ0) is 13.0. The van der Waals surface area contributed by atoms with E-state index in [1.807, 2.05) is 24.9 Å². The van der Waals surface area contributed by atoms with Crippen molar-refractivity contribution in [3.05, 3.63) is 29.2 Å². The maximum absolute atomic E-state index is 5.14. The molecule has 0 unspecified atom stereocenters. The summed E-state index contributed by atoms with van der Waals surface area (Å²) in [5.41, 5.74) is 0.875. The zero-order valence-corrected chi connectivity index (χ0v) is 10.7.